The summed E-state index contributed by atoms with van der Waals surface area (Å²) in [6.07, 6.45) is -0.175. The number of thioether (sulfide) groups is 1. The van der Waals surface area contributed by atoms with Crippen molar-refractivity contribution in [3.63, 3.8) is 0 Å². The molecule has 0 bridgehead atoms. The van der Waals surface area contributed by atoms with Crippen LogP contribution in [0.25, 0.3) is 0 Å². The Balaban J connectivity index is 1.56. The molecule has 0 fully saturated rings. The molecule has 2 amide bonds. The molecule has 2 heterocycles. The number of hydrogen-bond acceptors (Lipinski definition) is 5. The van der Waals surface area contributed by atoms with Gasteiger partial charge in [-0.15, -0.1) is 0 Å². The fourth-order valence-corrected chi connectivity index (χ4v) is 4.27. The molecule has 1 aliphatic heterocycles. The molecule has 164 valence electrons. The van der Waals surface area contributed by atoms with Gasteiger partial charge >= 0.3 is 0 Å². The second-order valence-electron chi connectivity index (χ2n) is 7.31. The van der Waals surface area contributed by atoms with E-state index in [-0.39, 0.29) is 28.8 Å². The Hall–Kier alpha value is -3.17. The number of amides is 2. The van der Waals surface area contributed by atoms with E-state index in [1.54, 1.807) is 30.3 Å². The molecule has 1 atom stereocenters. The second-order valence-corrected chi connectivity index (χ2v) is 8.68. The third-order valence-electron chi connectivity index (χ3n) is 4.97. The number of benzene rings is 2. The van der Waals surface area contributed by atoms with Crippen molar-refractivity contribution in [3.05, 3.63) is 80.3 Å². The highest BCUT2D eigenvalue weighted by Crippen LogP contribution is 2.31. The number of nitrogens with one attached hydrogen (secondary N) is 3. The van der Waals surface area contributed by atoms with Crippen LogP contribution in [0.1, 0.15) is 29.0 Å². The first-order valence-corrected chi connectivity index (χ1v) is 11.0. The van der Waals surface area contributed by atoms with Gasteiger partial charge < -0.3 is 15.6 Å². The molecule has 1 unspecified atom stereocenters. The Morgan fingerprint density at radius 2 is 2.00 bits per heavy atom. The van der Waals surface area contributed by atoms with Crippen LogP contribution in [0.5, 0.6) is 0 Å². The van der Waals surface area contributed by atoms with Gasteiger partial charge in [0.05, 0.1) is 11.5 Å². The molecule has 0 saturated carbocycles. The van der Waals surface area contributed by atoms with Crippen molar-refractivity contribution in [2.24, 2.45) is 0 Å². The first kappa shape index (κ1) is 22.0. The standard InChI is InChI=1S/C22H18ClFN4O3S/c1-11-2-7-14(8-16(11)23)25-20(30)15-9-17(29)26-19-18(15)21(31)28-22(27-19)32-10-12-3-5-13(24)6-4-12/h2-8,15H,9-10H2,1H3,(H,25,30)(H2,26,27,28,29,31). The van der Waals surface area contributed by atoms with Crippen LogP contribution in [-0.2, 0) is 15.3 Å². The maximum Gasteiger partial charge on any atom is 0.257 e. The molecule has 0 aliphatic carbocycles. The number of aromatic nitrogens is 2. The van der Waals surface area contributed by atoms with Crippen LogP contribution in [0.4, 0.5) is 15.9 Å². The van der Waals surface area contributed by atoms with Gasteiger partial charge in [0.25, 0.3) is 5.56 Å². The van der Waals surface area contributed by atoms with Crippen LogP contribution in [0, 0.1) is 12.7 Å². The van der Waals surface area contributed by atoms with Crippen molar-refractivity contribution in [1.29, 1.82) is 0 Å². The minimum Gasteiger partial charge on any atom is -0.325 e. The van der Waals surface area contributed by atoms with Gasteiger partial charge in [0.2, 0.25) is 11.8 Å². The Labute approximate surface area is 191 Å². The molecule has 3 aromatic rings. The topological polar surface area (TPSA) is 104 Å². The summed E-state index contributed by atoms with van der Waals surface area (Å²) in [7, 11) is 0. The minimum absolute atomic E-state index is 0.0636. The molecule has 4 rings (SSSR count). The van der Waals surface area contributed by atoms with Gasteiger partial charge in [-0.25, -0.2) is 9.37 Å². The second kappa shape index (κ2) is 9.13. The molecular weight excluding hydrogens is 455 g/mol. The van der Waals surface area contributed by atoms with Gasteiger partial charge in [-0.05, 0) is 42.3 Å². The van der Waals surface area contributed by atoms with Crippen LogP contribution in [-0.4, -0.2) is 21.8 Å². The summed E-state index contributed by atoms with van der Waals surface area (Å²) < 4.78 is 13.1. The fourth-order valence-electron chi connectivity index (χ4n) is 3.28. The lowest BCUT2D eigenvalue weighted by Gasteiger charge is -2.23. The average Bonchev–Trinajstić information content (AvgIpc) is 2.75. The third kappa shape index (κ3) is 4.84. The Morgan fingerprint density at radius 1 is 1.25 bits per heavy atom. The summed E-state index contributed by atoms with van der Waals surface area (Å²) in [5.74, 6) is -1.74. The molecule has 32 heavy (non-hydrogen) atoms. The monoisotopic (exact) mass is 472 g/mol. The summed E-state index contributed by atoms with van der Waals surface area (Å²) in [6.45, 7) is 1.84. The van der Waals surface area contributed by atoms with Gasteiger partial charge in [0.15, 0.2) is 5.16 Å². The lowest BCUT2D eigenvalue weighted by molar-refractivity contribution is -0.123. The number of carbonyl (C=O) groups is 2. The minimum atomic E-state index is -0.994. The maximum absolute atomic E-state index is 13.1. The molecule has 0 saturated heterocycles. The van der Waals surface area contributed by atoms with E-state index in [4.69, 9.17) is 11.6 Å². The normalized spacial score (nSPS) is 15.1. The highest BCUT2D eigenvalue weighted by Gasteiger charge is 2.34. The zero-order valence-corrected chi connectivity index (χ0v) is 18.4. The number of halogens is 2. The van der Waals surface area contributed by atoms with Gasteiger partial charge in [-0.1, -0.05) is 41.6 Å². The predicted molar refractivity (Wildman–Crippen MR) is 122 cm³/mol. The van der Waals surface area contributed by atoms with Crippen molar-refractivity contribution in [3.8, 4) is 0 Å². The van der Waals surface area contributed by atoms with E-state index in [1.165, 1.54) is 23.9 Å². The zero-order chi connectivity index (χ0) is 22.8. The first-order valence-electron chi connectivity index (χ1n) is 9.68. The molecule has 3 N–H and O–H groups in total. The summed E-state index contributed by atoms with van der Waals surface area (Å²) >= 11 is 7.34. The number of anilines is 2. The summed E-state index contributed by atoms with van der Waals surface area (Å²) in [4.78, 5) is 44.9. The maximum atomic E-state index is 13.1. The van der Waals surface area contributed by atoms with E-state index in [2.05, 4.69) is 20.6 Å². The van der Waals surface area contributed by atoms with Crippen molar-refractivity contribution in [2.75, 3.05) is 10.6 Å². The van der Waals surface area contributed by atoms with E-state index < -0.39 is 23.3 Å². The van der Waals surface area contributed by atoms with Gasteiger partial charge in [0, 0.05) is 22.9 Å². The van der Waals surface area contributed by atoms with Crippen LogP contribution in [0.15, 0.2) is 52.4 Å². The zero-order valence-electron chi connectivity index (χ0n) is 16.9. The number of nitrogens with zero attached hydrogens (tertiary/aromatic N) is 1. The third-order valence-corrected chi connectivity index (χ3v) is 6.33. The molecule has 0 radical (unpaired) electrons. The highest BCUT2D eigenvalue weighted by molar-refractivity contribution is 7.98. The van der Waals surface area contributed by atoms with Crippen LogP contribution >= 0.6 is 23.4 Å². The molecule has 2 aromatic carbocycles. The van der Waals surface area contributed by atoms with E-state index in [0.717, 1.165) is 11.1 Å². The summed E-state index contributed by atoms with van der Waals surface area (Å²) in [6, 6.07) is 11.0. The molecular formula is C22H18ClFN4O3S. The van der Waals surface area contributed by atoms with Gasteiger partial charge in [0.1, 0.15) is 11.6 Å². The summed E-state index contributed by atoms with van der Waals surface area (Å²) in [5, 5.41) is 6.07. The number of aromatic amines is 1. The highest BCUT2D eigenvalue weighted by atomic mass is 35.5. The number of rotatable bonds is 5. The largest absolute Gasteiger partial charge is 0.325 e. The average molecular weight is 473 g/mol. The number of carbonyl (C=O) groups excluding carboxylic acids is 2. The van der Waals surface area contributed by atoms with E-state index >= 15 is 0 Å². The Bertz CT molecular complexity index is 1260. The molecule has 0 spiro atoms. The van der Waals surface area contributed by atoms with Crippen molar-refractivity contribution in [2.45, 2.75) is 30.2 Å². The molecule has 7 nitrogen and oxygen atoms in total. The van der Waals surface area contributed by atoms with E-state index in [1.807, 2.05) is 6.92 Å². The number of H-pyrrole nitrogens is 1. The first-order chi connectivity index (χ1) is 15.3. The Kier molecular flexibility index (Phi) is 6.29. The quantitative estimate of drug-likeness (QED) is 0.381. The number of aryl methyl sites for hydroxylation is 1. The summed E-state index contributed by atoms with van der Waals surface area (Å²) in [5.41, 5.74) is 1.77. The number of hydrogen-bond donors (Lipinski definition) is 3. The van der Waals surface area contributed by atoms with Crippen LogP contribution < -0.4 is 16.2 Å². The van der Waals surface area contributed by atoms with Gasteiger partial charge in [-0.2, -0.15) is 0 Å². The van der Waals surface area contributed by atoms with Crippen LogP contribution in [0.3, 0.4) is 0 Å². The lowest BCUT2D eigenvalue weighted by atomic mass is 9.92. The van der Waals surface area contributed by atoms with Crippen LogP contribution in [0.2, 0.25) is 5.02 Å². The molecule has 1 aromatic heterocycles. The van der Waals surface area contributed by atoms with E-state index in [0.29, 0.717) is 16.5 Å². The van der Waals surface area contributed by atoms with E-state index in [9.17, 15) is 18.8 Å². The van der Waals surface area contributed by atoms with Gasteiger partial charge in [-0.3, -0.25) is 14.4 Å². The van der Waals surface area contributed by atoms with Crippen molar-refractivity contribution in [1.82, 2.24) is 9.97 Å². The Morgan fingerprint density at radius 3 is 2.72 bits per heavy atom. The van der Waals surface area contributed by atoms with Crippen molar-refractivity contribution >= 4 is 46.7 Å². The SMILES string of the molecule is Cc1ccc(NC(=O)C2CC(=O)Nc3nc(SCc4ccc(F)cc4)[nH]c(=O)c32)cc1Cl. The lowest BCUT2D eigenvalue weighted by Crippen LogP contribution is -2.36. The fraction of sp³-hybridized carbons (Fsp3) is 0.182. The predicted octanol–water partition coefficient (Wildman–Crippen LogP) is 4.23. The smallest absolute Gasteiger partial charge is 0.257 e. The number of fused-ring (bicyclic) bond motifs is 1. The molecule has 10 heteroatoms. The molecule has 1 aliphatic rings. The van der Waals surface area contributed by atoms with Crippen molar-refractivity contribution < 1.29 is 14.0 Å².